The molecule has 8 nitrogen and oxygen atoms in total. The van der Waals surface area contributed by atoms with Crippen molar-refractivity contribution >= 4 is 68.3 Å². The van der Waals surface area contributed by atoms with Crippen LogP contribution in [0.5, 0.6) is 5.75 Å². The predicted octanol–water partition coefficient (Wildman–Crippen LogP) is 5.42. The molecule has 0 amide bonds. The first-order chi connectivity index (χ1) is 19.4. The quantitative estimate of drug-likeness (QED) is 0.237. The summed E-state index contributed by atoms with van der Waals surface area (Å²) in [6, 6.07) is 15.8. The van der Waals surface area contributed by atoms with Crippen molar-refractivity contribution in [2.75, 3.05) is 14.2 Å². The van der Waals surface area contributed by atoms with E-state index in [1.807, 2.05) is 30.3 Å². The average molecular weight is 610 g/mol. The third kappa shape index (κ3) is 4.79. The number of esters is 1. The molecule has 0 saturated heterocycles. The monoisotopic (exact) mass is 609 g/mol. The minimum Gasteiger partial charge on any atom is -0.496 e. The van der Waals surface area contributed by atoms with E-state index < -0.39 is 12.0 Å². The van der Waals surface area contributed by atoms with Gasteiger partial charge in [0.2, 0.25) is 0 Å². The van der Waals surface area contributed by atoms with Crippen molar-refractivity contribution in [3.8, 4) is 5.75 Å². The highest BCUT2D eigenvalue weighted by Crippen LogP contribution is 2.38. The standard InChI is InChI=1S/C28H20ClN3O5S3/c1-14-23(26(34)36-3)24(17-12-15(29)8-10-19(17)35-2)32-25(33)21(38-27(32)30-14)13-16-9-11-22(37-16)40-28-31-18-6-4-5-7-20(18)39-28/h4-13,24H,1-3H3/b21-13-/t24-/m0/s1. The van der Waals surface area contributed by atoms with Crippen molar-refractivity contribution in [1.29, 1.82) is 0 Å². The Morgan fingerprint density at radius 3 is 2.75 bits per heavy atom. The van der Waals surface area contributed by atoms with Gasteiger partial charge in [-0.15, -0.1) is 11.3 Å². The molecular weight excluding hydrogens is 590 g/mol. The van der Waals surface area contributed by atoms with Gasteiger partial charge in [0.15, 0.2) is 14.2 Å². The third-order valence-corrected chi connectivity index (χ3v) is 9.49. The summed E-state index contributed by atoms with van der Waals surface area (Å²) in [6.07, 6.45) is 1.68. The molecule has 1 aliphatic rings. The number of carbonyl (C=O) groups is 1. The van der Waals surface area contributed by atoms with Crippen LogP contribution in [0, 0.1) is 0 Å². The molecule has 0 saturated carbocycles. The SMILES string of the molecule is COC(=O)C1=C(C)N=c2s/c(=C\c3ccc(Sc4nc5ccccc5s4)o3)c(=O)n2[C@H]1c1cc(Cl)ccc1OC. The second-order valence-electron chi connectivity index (χ2n) is 8.67. The molecule has 3 aromatic heterocycles. The van der Waals surface area contributed by atoms with Crippen LogP contribution in [0.25, 0.3) is 16.3 Å². The molecule has 0 fully saturated rings. The van der Waals surface area contributed by atoms with Crippen LogP contribution in [0.1, 0.15) is 24.3 Å². The molecule has 4 heterocycles. The lowest BCUT2D eigenvalue weighted by molar-refractivity contribution is -0.136. The van der Waals surface area contributed by atoms with Gasteiger partial charge in [0, 0.05) is 16.7 Å². The normalized spacial score (nSPS) is 15.3. The second kappa shape index (κ2) is 10.7. The van der Waals surface area contributed by atoms with E-state index in [4.69, 9.17) is 25.5 Å². The minimum absolute atomic E-state index is 0.231. The molecule has 12 heteroatoms. The third-order valence-electron chi connectivity index (χ3n) is 6.25. The van der Waals surface area contributed by atoms with E-state index in [0.717, 1.165) is 14.6 Å². The van der Waals surface area contributed by atoms with Crippen molar-refractivity contribution in [2.24, 2.45) is 4.99 Å². The number of benzene rings is 2. The molecule has 5 aromatic rings. The number of allylic oxidation sites excluding steroid dienone is 1. The first kappa shape index (κ1) is 26.6. The molecule has 202 valence electrons. The van der Waals surface area contributed by atoms with Gasteiger partial charge in [0.1, 0.15) is 17.6 Å². The molecule has 1 aliphatic heterocycles. The van der Waals surface area contributed by atoms with E-state index in [2.05, 4.69) is 9.98 Å². The largest absolute Gasteiger partial charge is 0.496 e. The highest BCUT2D eigenvalue weighted by Gasteiger charge is 2.35. The molecular formula is C28H20ClN3O5S3. The molecule has 0 aliphatic carbocycles. The summed E-state index contributed by atoms with van der Waals surface area (Å²) in [6.45, 7) is 1.71. The maximum Gasteiger partial charge on any atom is 0.338 e. The van der Waals surface area contributed by atoms with E-state index in [-0.39, 0.29) is 11.1 Å². The van der Waals surface area contributed by atoms with Gasteiger partial charge in [0.25, 0.3) is 5.56 Å². The van der Waals surface area contributed by atoms with E-state index >= 15 is 0 Å². The van der Waals surface area contributed by atoms with Gasteiger partial charge in [-0.25, -0.2) is 14.8 Å². The van der Waals surface area contributed by atoms with E-state index in [1.54, 1.807) is 48.6 Å². The summed E-state index contributed by atoms with van der Waals surface area (Å²) in [5.41, 5.74) is 1.83. The van der Waals surface area contributed by atoms with Gasteiger partial charge < -0.3 is 13.9 Å². The molecule has 0 unspecified atom stereocenters. The van der Waals surface area contributed by atoms with Crippen LogP contribution in [0.4, 0.5) is 0 Å². The fourth-order valence-corrected chi connectivity index (χ4v) is 7.66. The van der Waals surface area contributed by atoms with Gasteiger partial charge in [-0.3, -0.25) is 9.36 Å². The fourth-order valence-electron chi connectivity index (χ4n) is 4.48. The molecule has 40 heavy (non-hydrogen) atoms. The van der Waals surface area contributed by atoms with E-state index in [0.29, 0.717) is 42.2 Å². The zero-order valence-corrected chi connectivity index (χ0v) is 24.5. The summed E-state index contributed by atoms with van der Waals surface area (Å²) in [7, 11) is 2.81. The van der Waals surface area contributed by atoms with Crippen molar-refractivity contribution in [3.05, 3.63) is 102 Å². The van der Waals surface area contributed by atoms with E-state index in [1.165, 1.54) is 41.9 Å². The number of fused-ring (bicyclic) bond motifs is 2. The van der Waals surface area contributed by atoms with Crippen LogP contribution < -0.4 is 19.6 Å². The van der Waals surface area contributed by atoms with Crippen LogP contribution in [-0.2, 0) is 9.53 Å². The van der Waals surface area contributed by atoms with Crippen molar-refractivity contribution in [3.63, 3.8) is 0 Å². The zero-order valence-electron chi connectivity index (χ0n) is 21.3. The number of aromatic nitrogens is 2. The molecule has 0 spiro atoms. The highest BCUT2D eigenvalue weighted by molar-refractivity contribution is 8.01. The fraction of sp³-hybridized carbons (Fsp3) is 0.143. The first-order valence-electron chi connectivity index (χ1n) is 11.9. The van der Waals surface area contributed by atoms with Crippen molar-refractivity contribution < 1.29 is 18.7 Å². The van der Waals surface area contributed by atoms with Gasteiger partial charge in [-0.1, -0.05) is 35.1 Å². The van der Waals surface area contributed by atoms with Crippen LogP contribution in [0.3, 0.4) is 0 Å². The number of thiazole rings is 2. The summed E-state index contributed by atoms with van der Waals surface area (Å²) >= 11 is 10.6. The summed E-state index contributed by atoms with van der Waals surface area (Å²) in [5.74, 6) is 0.391. The number of rotatable bonds is 6. The molecule has 6 rings (SSSR count). The summed E-state index contributed by atoms with van der Waals surface area (Å²) < 4.78 is 20.5. The van der Waals surface area contributed by atoms with Gasteiger partial charge in [0.05, 0.1) is 40.2 Å². The summed E-state index contributed by atoms with van der Waals surface area (Å²) in [4.78, 5) is 36.4. The van der Waals surface area contributed by atoms with Crippen LogP contribution in [-0.4, -0.2) is 29.7 Å². The molecule has 2 aromatic carbocycles. The van der Waals surface area contributed by atoms with Crippen molar-refractivity contribution in [1.82, 2.24) is 9.55 Å². The Morgan fingerprint density at radius 2 is 1.98 bits per heavy atom. The lowest BCUT2D eigenvalue weighted by Gasteiger charge is -2.25. The Bertz CT molecular complexity index is 1970. The Labute approximate surface area is 244 Å². The topological polar surface area (TPSA) is 95.9 Å². The zero-order chi connectivity index (χ0) is 28.0. The molecule has 1 atom stereocenters. The Balaban J connectivity index is 1.43. The average Bonchev–Trinajstić information content (AvgIpc) is 3.65. The maximum atomic E-state index is 13.8. The van der Waals surface area contributed by atoms with Crippen LogP contribution in [0.15, 0.2) is 89.5 Å². The Morgan fingerprint density at radius 1 is 1.15 bits per heavy atom. The van der Waals surface area contributed by atoms with Crippen molar-refractivity contribution in [2.45, 2.75) is 22.4 Å². The number of methoxy groups -OCH3 is 2. The van der Waals surface area contributed by atoms with Crippen LogP contribution >= 0.6 is 46.0 Å². The number of nitrogens with zero attached hydrogens (tertiary/aromatic N) is 3. The molecule has 0 bridgehead atoms. The molecule has 0 N–H and O–H groups in total. The number of hydrogen-bond donors (Lipinski definition) is 0. The summed E-state index contributed by atoms with van der Waals surface area (Å²) in [5, 5.41) is 1.09. The predicted molar refractivity (Wildman–Crippen MR) is 156 cm³/mol. The number of furan rings is 1. The lowest BCUT2D eigenvalue weighted by Crippen LogP contribution is -2.40. The number of hydrogen-bond acceptors (Lipinski definition) is 10. The lowest BCUT2D eigenvalue weighted by atomic mass is 9.95. The Hall–Kier alpha value is -3.64. The van der Waals surface area contributed by atoms with Gasteiger partial charge >= 0.3 is 5.97 Å². The number of carbonyl (C=O) groups excluding carboxylic acids is 1. The molecule has 0 radical (unpaired) electrons. The minimum atomic E-state index is -0.846. The Kier molecular flexibility index (Phi) is 7.13. The van der Waals surface area contributed by atoms with Gasteiger partial charge in [-0.2, -0.15) is 0 Å². The number of halogens is 1. The number of para-hydroxylation sites is 1. The van der Waals surface area contributed by atoms with Crippen LogP contribution in [0.2, 0.25) is 5.02 Å². The second-order valence-corrected chi connectivity index (χ2v) is 12.4. The maximum absolute atomic E-state index is 13.8. The first-order valence-corrected chi connectivity index (χ1v) is 14.8. The van der Waals surface area contributed by atoms with Gasteiger partial charge in [-0.05, 0) is 61.2 Å². The van der Waals surface area contributed by atoms with E-state index in [9.17, 15) is 9.59 Å². The highest BCUT2D eigenvalue weighted by atomic mass is 35.5. The number of ether oxygens (including phenoxy) is 2. The smallest absolute Gasteiger partial charge is 0.338 e.